The van der Waals surface area contributed by atoms with E-state index in [-0.39, 0.29) is 11.4 Å². The molecule has 1 aliphatic heterocycles. The zero-order chi connectivity index (χ0) is 20.6. The van der Waals surface area contributed by atoms with Crippen molar-refractivity contribution in [1.82, 2.24) is 0 Å². The highest BCUT2D eigenvalue weighted by Crippen LogP contribution is 2.27. The van der Waals surface area contributed by atoms with Gasteiger partial charge in [-0.15, -0.1) is 4.91 Å². The van der Waals surface area contributed by atoms with E-state index < -0.39 is 0 Å². The Labute approximate surface area is 170 Å². The maximum Gasteiger partial charge on any atom is 0.149 e. The molecule has 1 heterocycles. The van der Waals surface area contributed by atoms with E-state index in [9.17, 15) is 10.0 Å². The van der Waals surface area contributed by atoms with Crippen LogP contribution in [0.15, 0.2) is 95.1 Å². The molecule has 2 N–H and O–H groups in total. The smallest absolute Gasteiger partial charge is 0.149 e. The second-order valence-corrected chi connectivity index (χ2v) is 6.47. The number of benzene rings is 2. The van der Waals surface area contributed by atoms with E-state index in [1.807, 2.05) is 80.8 Å². The zero-order valence-electron chi connectivity index (χ0n) is 16.3. The van der Waals surface area contributed by atoms with Gasteiger partial charge in [-0.05, 0) is 71.3 Å². The molecule has 2 aromatic carbocycles. The summed E-state index contributed by atoms with van der Waals surface area (Å²) in [5, 5.41) is 15.6. The summed E-state index contributed by atoms with van der Waals surface area (Å²) < 4.78 is 5.77. The third-order valence-corrected chi connectivity index (χ3v) is 4.27. The number of nitrogens with zero attached hydrogens (tertiary/aromatic N) is 1. The molecular weight excluding hydrogens is 364 g/mol. The standard InChI is InChI=1S/C24H22N2O3/c1-17-14-20(5-3-4-19-9-13-23(26-28)24(27)16-19)15-22(29-17)12-8-18-6-10-21(25-2)11-7-18/h3-16,25,27H,1-2H3/b4-3+,12-8+,20-5+. The maximum atomic E-state index is 10.5. The topological polar surface area (TPSA) is 70.9 Å². The van der Waals surface area contributed by atoms with Gasteiger partial charge in [0.1, 0.15) is 23.0 Å². The largest absolute Gasteiger partial charge is 0.506 e. The number of anilines is 1. The highest BCUT2D eigenvalue weighted by atomic mass is 16.5. The van der Waals surface area contributed by atoms with Crippen LogP contribution in [0.25, 0.3) is 12.2 Å². The third-order valence-electron chi connectivity index (χ3n) is 4.27. The van der Waals surface area contributed by atoms with Crippen molar-refractivity contribution in [3.63, 3.8) is 0 Å². The molecule has 0 aliphatic carbocycles. The van der Waals surface area contributed by atoms with Gasteiger partial charge in [-0.1, -0.05) is 42.5 Å². The molecule has 29 heavy (non-hydrogen) atoms. The molecule has 0 radical (unpaired) electrons. The van der Waals surface area contributed by atoms with Gasteiger partial charge in [-0.2, -0.15) is 0 Å². The lowest BCUT2D eigenvalue weighted by Gasteiger charge is -2.13. The van der Waals surface area contributed by atoms with Crippen molar-refractivity contribution in [2.45, 2.75) is 6.92 Å². The summed E-state index contributed by atoms with van der Waals surface area (Å²) in [6.07, 6.45) is 13.5. The number of nitrogens with one attached hydrogen (secondary N) is 1. The van der Waals surface area contributed by atoms with Gasteiger partial charge in [0.15, 0.2) is 0 Å². The quantitative estimate of drug-likeness (QED) is 0.571. The molecule has 3 rings (SSSR count). The number of allylic oxidation sites excluding steroid dienone is 7. The van der Waals surface area contributed by atoms with Crippen LogP contribution in [0.2, 0.25) is 0 Å². The average Bonchev–Trinajstić information content (AvgIpc) is 2.72. The molecule has 0 unspecified atom stereocenters. The summed E-state index contributed by atoms with van der Waals surface area (Å²) in [7, 11) is 1.89. The fourth-order valence-electron chi connectivity index (χ4n) is 2.79. The fraction of sp³-hybridized carbons (Fsp3) is 0.0833. The molecule has 0 saturated heterocycles. The summed E-state index contributed by atoms with van der Waals surface area (Å²) in [5.74, 6) is 1.42. The van der Waals surface area contributed by atoms with E-state index in [0.717, 1.165) is 33.9 Å². The van der Waals surface area contributed by atoms with Gasteiger partial charge in [0.2, 0.25) is 0 Å². The minimum atomic E-state index is -0.133. The predicted octanol–water partition coefficient (Wildman–Crippen LogP) is 6.30. The Bertz CT molecular complexity index is 1040. The molecule has 0 spiro atoms. The number of nitroso groups, excluding NO2 is 1. The zero-order valence-corrected chi connectivity index (χ0v) is 16.3. The lowest BCUT2D eigenvalue weighted by atomic mass is 10.1. The van der Waals surface area contributed by atoms with Crippen LogP contribution in [0.3, 0.4) is 0 Å². The van der Waals surface area contributed by atoms with Gasteiger partial charge in [-0.25, -0.2) is 0 Å². The Morgan fingerprint density at radius 3 is 2.45 bits per heavy atom. The molecule has 146 valence electrons. The molecule has 5 heteroatoms. The normalized spacial score (nSPS) is 15.3. The van der Waals surface area contributed by atoms with Crippen molar-refractivity contribution < 1.29 is 9.84 Å². The van der Waals surface area contributed by atoms with Crippen LogP contribution in [0.5, 0.6) is 5.75 Å². The fourth-order valence-corrected chi connectivity index (χ4v) is 2.79. The van der Waals surface area contributed by atoms with Crippen LogP contribution in [-0.2, 0) is 4.74 Å². The summed E-state index contributed by atoms with van der Waals surface area (Å²) in [6.45, 7) is 1.91. The Morgan fingerprint density at radius 1 is 1.00 bits per heavy atom. The lowest BCUT2D eigenvalue weighted by Crippen LogP contribution is -1.95. The van der Waals surface area contributed by atoms with E-state index in [4.69, 9.17) is 4.74 Å². The first-order valence-corrected chi connectivity index (χ1v) is 9.16. The Morgan fingerprint density at radius 2 is 1.76 bits per heavy atom. The molecule has 2 aromatic rings. The minimum Gasteiger partial charge on any atom is -0.506 e. The van der Waals surface area contributed by atoms with Crippen molar-refractivity contribution >= 4 is 23.5 Å². The van der Waals surface area contributed by atoms with Crippen molar-refractivity contribution in [2.24, 2.45) is 5.18 Å². The molecule has 0 aromatic heterocycles. The first kappa shape index (κ1) is 19.9. The summed E-state index contributed by atoms with van der Waals surface area (Å²) in [6, 6.07) is 12.8. The minimum absolute atomic E-state index is 0.0310. The van der Waals surface area contributed by atoms with E-state index in [1.165, 1.54) is 12.1 Å². The number of hydrogen-bond donors (Lipinski definition) is 2. The molecule has 1 aliphatic rings. The van der Waals surface area contributed by atoms with Crippen LogP contribution < -0.4 is 5.32 Å². The number of phenols is 1. The Kier molecular flexibility index (Phi) is 6.43. The SMILES string of the molecule is CNc1ccc(/C=C/C2=CC(=C/C=C/c3ccc(N=O)c(O)c3)/C=C(C)O2)cc1. The van der Waals surface area contributed by atoms with Crippen molar-refractivity contribution in [2.75, 3.05) is 12.4 Å². The Hall–Kier alpha value is -3.86. The molecular formula is C24H22N2O3. The summed E-state index contributed by atoms with van der Waals surface area (Å²) in [5.41, 5.74) is 3.94. The van der Waals surface area contributed by atoms with Crippen LogP contribution >= 0.6 is 0 Å². The molecule has 0 saturated carbocycles. The molecule has 0 fully saturated rings. The second kappa shape index (κ2) is 9.37. The van der Waals surface area contributed by atoms with Crippen LogP contribution in [0, 0.1) is 4.91 Å². The highest BCUT2D eigenvalue weighted by Gasteiger charge is 2.05. The van der Waals surface area contributed by atoms with Crippen LogP contribution in [-0.4, -0.2) is 12.2 Å². The molecule has 5 nitrogen and oxygen atoms in total. The van der Waals surface area contributed by atoms with Crippen molar-refractivity contribution in [3.05, 3.63) is 106 Å². The number of ether oxygens (including phenoxy) is 1. The molecule has 0 amide bonds. The van der Waals surface area contributed by atoms with Gasteiger partial charge in [0.05, 0.1) is 0 Å². The van der Waals surface area contributed by atoms with Gasteiger partial charge in [0, 0.05) is 12.7 Å². The van der Waals surface area contributed by atoms with Gasteiger partial charge in [-0.3, -0.25) is 0 Å². The molecule has 0 atom stereocenters. The highest BCUT2D eigenvalue weighted by molar-refractivity contribution is 5.62. The summed E-state index contributed by atoms with van der Waals surface area (Å²) >= 11 is 0. The van der Waals surface area contributed by atoms with Crippen molar-refractivity contribution in [3.8, 4) is 5.75 Å². The van der Waals surface area contributed by atoms with Crippen molar-refractivity contribution in [1.29, 1.82) is 0 Å². The lowest BCUT2D eigenvalue weighted by molar-refractivity contribution is 0.318. The maximum absolute atomic E-state index is 10.5. The van der Waals surface area contributed by atoms with Gasteiger partial charge in [0.25, 0.3) is 0 Å². The first-order chi connectivity index (χ1) is 14.1. The van der Waals surface area contributed by atoms with E-state index in [2.05, 4.69) is 10.5 Å². The number of aromatic hydroxyl groups is 1. The van der Waals surface area contributed by atoms with Gasteiger partial charge >= 0.3 is 0 Å². The van der Waals surface area contributed by atoms with Crippen LogP contribution in [0.1, 0.15) is 18.1 Å². The van der Waals surface area contributed by atoms with E-state index in [0.29, 0.717) is 0 Å². The molecule has 0 bridgehead atoms. The predicted molar refractivity (Wildman–Crippen MR) is 119 cm³/mol. The van der Waals surface area contributed by atoms with Gasteiger partial charge < -0.3 is 15.2 Å². The third kappa shape index (κ3) is 5.56. The van der Waals surface area contributed by atoms with E-state index >= 15 is 0 Å². The monoisotopic (exact) mass is 386 g/mol. The van der Waals surface area contributed by atoms with E-state index in [1.54, 1.807) is 6.07 Å². The first-order valence-electron chi connectivity index (χ1n) is 9.16. The number of hydrogen-bond acceptors (Lipinski definition) is 5. The Balaban J connectivity index is 1.73. The number of phenolic OH excluding ortho intramolecular Hbond substituents is 1. The van der Waals surface area contributed by atoms with Crippen LogP contribution in [0.4, 0.5) is 11.4 Å². The number of rotatable bonds is 6. The summed E-state index contributed by atoms with van der Waals surface area (Å²) in [4.78, 5) is 10.5. The second-order valence-electron chi connectivity index (χ2n) is 6.47. The average molecular weight is 386 g/mol.